The van der Waals surface area contributed by atoms with Gasteiger partial charge in [0, 0.05) is 57.3 Å². The van der Waals surface area contributed by atoms with E-state index in [-0.39, 0.29) is 73.0 Å². The molecule has 3 fully saturated rings. The number of amides is 1. The van der Waals surface area contributed by atoms with Crippen LogP contribution in [-0.2, 0) is 16.1 Å². The number of carbonyl (C=O) groups excluding carboxylic acids is 1. The van der Waals surface area contributed by atoms with Crippen molar-refractivity contribution in [1.82, 2.24) is 24.7 Å². The van der Waals surface area contributed by atoms with E-state index in [4.69, 9.17) is 18.9 Å². The van der Waals surface area contributed by atoms with Gasteiger partial charge in [-0.2, -0.15) is 23.1 Å². The standard InChI is InChI=1S/C35H42F3N5O5.2ClH/c1-4-34(21-47-22-34)32(44)42-15-16-43-26(18-42)17-41(19-27-30(45-2)39-33(46-3)40-31(27)48-23-35(36,37)38)20-28(43)29(24-11-7-5-8-12-24)25-13-9-6-10-14-25;;/h5-14,26,28-29H,4,15-23H2,1-3H3;2*1H. The molecule has 4 heterocycles. The average molecular weight is 743 g/mol. The number of hydrogen-bond donors (Lipinski definition) is 0. The molecule has 3 aliphatic rings. The van der Waals surface area contributed by atoms with Crippen LogP contribution in [0.25, 0.3) is 0 Å². The van der Waals surface area contributed by atoms with Gasteiger partial charge in [0.25, 0.3) is 0 Å². The predicted octanol–water partition coefficient (Wildman–Crippen LogP) is 5.23. The monoisotopic (exact) mass is 741 g/mol. The van der Waals surface area contributed by atoms with E-state index in [1.165, 1.54) is 14.2 Å². The molecule has 0 bridgehead atoms. The van der Waals surface area contributed by atoms with Crippen LogP contribution in [0.15, 0.2) is 60.7 Å². The summed E-state index contributed by atoms with van der Waals surface area (Å²) in [7, 11) is 2.73. The lowest BCUT2D eigenvalue weighted by Crippen LogP contribution is -2.69. The van der Waals surface area contributed by atoms with Crippen molar-refractivity contribution in [1.29, 1.82) is 0 Å². The number of methoxy groups -OCH3 is 2. The Labute approximate surface area is 303 Å². The Morgan fingerprint density at radius 1 is 0.920 bits per heavy atom. The molecule has 0 aliphatic carbocycles. The Bertz CT molecular complexity index is 1510. The minimum Gasteiger partial charge on any atom is -0.481 e. The van der Waals surface area contributed by atoms with Gasteiger partial charge >= 0.3 is 12.2 Å². The van der Waals surface area contributed by atoms with Crippen molar-refractivity contribution in [2.24, 2.45) is 5.41 Å². The topological polar surface area (TPSA) is 89.5 Å². The summed E-state index contributed by atoms with van der Waals surface area (Å²) in [5, 5.41) is 0. The Balaban J connectivity index is 0.00000281. The largest absolute Gasteiger partial charge is 0.481 e. The van der Waals surface area contributed by atoms with Crippen LogP contribution in [0.5, 0.6) is 17.8 Å². The number of aromatic nitrogens is 2. The highest BCUT2D eigenvalue weighted by atomic mass is 35.5. The maximum absolute atomic E-state index is 13.8. The van der Waals surface area contributed by atoms with Crippen molar-refractivity contribution in [2.75, 3.05) is 66.8 Å². The first kappa shape index (κ1) is 39.4. The Morgan fingerprint density at radius 3 is 2.06 bits per heavy atom. The molecule has 274 valence electrons. The van der Waals surface area contributed by atoms with Crippen molar-refractivity contribution in [2.45, 2.75) is 44.1 Å². The van der Waals surface area contributed by atoms with Crippen molar-refractivity contribution < 1.29 is 36.9 Å². The van der Waals surface area contributed by atoms with E-state index in [2.05, 4.69) is 44.0 Å². The molecule has 1 amide bonds. The quantitative estimate of drug-likeness (QED) is 0.262. The van der Waals surface area contributed by atoms with Gasteiger partial charge in [-0.15, -0.1) is 24.8 Å². The number of nitrogens with zero attached hydrogens (tertiary/aromatic N) is 5. The first-order valence-corrected chi connectivity index (χ1v) is 16.3. The number of benzene rings is 2. The second-order valence-electron chi connectivity index (χ2n) is 12.7. The van der Waals surface area contributed by atoms with Gasteiger partial charge in [-0.3, -0.25) is 14.6 Å². The molecule has 2 unspecified atom stereocenters. The lowest BCUT2D eigenvalue weighted by atomic mass is 9.80. The minimum absolute atomic E-state index is 0. The number of rotatable bonds is 11. The van der Waals surface area contributed by atoms with Gasteiger partial charge in [0.15, 0.2) is 6.61 Å². The van der Waals surface area contributed by atoms with Gasteiger partial charge in [0.1, 0.15) is 0 Å². The zero-order valence-corrected chi connectivity index (χ0v) is 29.9. The molecular weight excluding hydrogens is 698 g/mol. The first-order valence-electron chi connectivity index (χ1n) is 16.3. The summed E-state index contributed by atoms with van der Waals surface area (Å²) in [5.74, 6) is -0.0544. The van der Waals surface area contributed by atoms with Crippen LogP contribution in [0, 0.1) is 5.41 Å². The van der Waals surface area contributed by atoms with E-state index in [9.17, 15) is 18.0 Å². The smallest absolute Gasteiger partial charge is 0.422 e. The van der Waals surface area contributed by atoms with Crippen LogP contribution in [0.1, 0.15) is 36.0 Å². The van der Waals surface area contributed by atoms with Crippen molar-refractivity contribution >= 4 is 30.7 Å². The van der Waals surface area contributed by atoms with Gasteiger partial charge in [-0.25, -0.2) is 0 Å². The predicted molar refractivity (Wildman–Crippen MR) is 186 cm³/mol. The zero-order chi connectivity index (χ0) is 33.9. The molecule has 3 saturated heterocycles. The SMILES string of the molecule is CCC1(C(=O)N2CCN3C(CN(Cc4c(OC)nc(OC)nc4OCC(F)(F)F)CC3C(c3ccccc3)c3ccccc3)C2)COC1.Cl.Cl. The van der Waals surface area contributed by atoms with E-state index in [0.717, 1.165) is 11.1 Å². The molecule has 0 radical (unpaired) electrons. The number of hydrogen-bond acceptors (Lipinski definition) is 9. The second kappa shape index (κ2) is 16.8. The third-order valence-corrected chi connectivity index (χ3v) is 9.79. The minimum atomic E-state index is -4.57. The molecule has 2 aromatic carbocycles. The number of carbonyl (C=O) groups is 1. The van der Waals surface area contributed by atoms with Gasteiger partial charge in [0.2, 0.25) is 17.7 Å². The molecule has 0 spiro atoms. The summed E-state index contributed by atoms with van der Waals surface area (Å²) in [5.41, 5.74) is 2.13. The lowest BCUT2D eigenvalue weighted by Gasteiger charge is -2.55. The fraction of sp³-hybridized carbons (Fsp3) is 0.514. The Hall–Kier alpha value is -3.36. The summed E-state index contributed by atoms with van der Waals surface area (Å²) < 4.78 is 61.3. The Kier molecular flexibility index (Phi) is 13.2. The summed E-state index contributed by atoms with van der Waals surface area (Å²) in [6.45, 7) is 4.51. The summed E-state index contributed by atoms with van der Waals surface area (Å²) in [4.78, 5) is 29.0. The molecule has 0 N–H and O–H groups in total. The molecule has 1 aromatic heterocycles. The molecule has 15 heteroatoms. The second-order valence-corrected chi connectivity index (χ2v) is 12.7. The number of piperazine rings is 2. The first-order chi connectivity index (χ1) is 23.1. The molecular formula is C35H44Cl2F3N5O5. The van der Waals surface area contributed by atoms with Gasteiger partial charge in [-0.1, -0.05) is 67.6 Å². The fourth-order valence-corrected chi connectivity index (χ4v) is 7.25. The molecule has 6 rings (SSSR count). The normalized spacial score (nSPS) is 20.5. The van der Waals surface area contributed by atoms with Crippen LogP contribution in [0.3, 0.4) is 0 Å². The maximum Gasteiger partial charge on any atom is 0.422 e. The van der Waals surface area contributed by atoms with Crippen LogP contribution in [0.4, 0.5) is 13.2 Å². The van der Waals surface area contributed by atoms with Crippen molar-refractivity contribution in [3.05, 3.63) is 77.4 Å². The highest BCUT2D eigenvalue weighted by Gasteiger charge is 2.49. The zero-order valence-electron chi connectivity index (χ0n) is 28.3. The van der Waals surface area contributed by atoms with Gasteiger partial charge in [-0.05, 0) is 17.5 Å². The number of alkyl halides is 3. The summed E-state index contributed by atoms with van der Waals surface area (Å²) in [6, 6.07) is 20.5. The molecule has 0 saturated carbocycles. The number of ether oxygens (including phenoxy) is 4. The number of fused-ring (bicyclic) bond motifs is 1. The van der Waals surface area contributed by atoms with Crippen LogP contribution >= 0.6 is 24.8 Å². The van der Waals surface area contributed by atoms with Crippen LogP contribution in [0.2, 0.25) is 0 Å². The third-order valence-electron chi connectivity index (χ3n) is 9.79. The molecule has 3 aliphatic heterocycles. The average Bonchev–Trinajstić information content (AvgIpc) is 3.07. The molecule has 2 atom stereocenters. The fourth-order valence-electron chi connectivity index (χ4n) is 7.25. The highest BCUT2D eigenvalue weighted by Crippen LogP contribution is 2.39. The highest BCUT2D eigenvalue weighted by molar-refractivity contribution is 5.85. The van der Waals surface area contributed by atoms with Crippen LogP contribution < -0.4 is 14.2 Å². The van der Waals surface area contributed by atoms with Gasteiger partial charge < -0.3 is 23.8 Å². The van der Waals surface area contributed by atoms with E-state index >= 15 is 0 Å². The molecule has 3 aromatic rings. The summed E-state index contributed by atoms with van der Waals surface area (Å²) >= 11 is 0. The lowest BCUT2D eigenvalue weighted by molar-refractivity contribution is -0.177. The third kappa shape index (κ3) is 8.39. The van der Waals surface area contributed by atoms with E-state index in [0.29, 0.717) is 57.9 Å². The van der Waals surface area contributed by atoms with E-state index < -0.39 is 18.2 Å². The maximum atomic E-state index is 13.8. The number of halogens is 5. The Morgan fingerprint density at radius 2 is 1.54 bits per heavy atom. The van der Waals surface area contributed by atoms with Crippen LogP contribution in [-0.4, -0.2) is 116 Å². The van der Waals surface area contributed by atoms with Gasteiger partial charge in [0.05, 0.1) is 38.4 Å². The molecule has 10 nitrogen and oxygen atoms in total. The summed E-state index contributed by atoms with van der Waals surface area (Å²) in [6.07, 6.45) is -3.86. The van der Waals surface area contributed by atoms with Crippen molar-refractivity contribution in [3.63, 3.8) is 0 Å². The molecule has 50 heavy (non-hydrogen) atoms. The van der Waals surface area contributed by atoms with E-state index in [1.54, 1.807) is 0 Å². The van der Waals surface area contributed by atoms with E-state index in [1.807, 2.05) is 48.2 Å². The van der Waals surface area contributed by atoms with Crippen molar-refractivity contribution in [3.8, 4) is 17.8 Å².